The van der Waals surface area contributed by atoms with Crippen molar-refractivity contribution in [2.45, 2.75) is 178 Å². The Labute approximate surface area is 341 Å². The molecule has 0 aromatic heterocycles. The first-order valence-electron chi connectivity index (χ1n) is 22.1. The highest BCUT2D eigenvalue weighted by Crippen LogP contribution is 2.47. The number of ether oxygens (including phenoxy) is 3. The van der Waals surface area contributed by atoms with E-state index in [1.807, 2.05) is 60.7 Å². The summed E-state index contributed by atoms with van der Waals surface area (Å²) in [5.74, 6) is -1.42. The Bertz CT molecular complexity index is 1390. The smallest absolute Gasteiger partial charge is 0.348 e. The number of rotatable bonds is 26. The van der Waals surface area contributed by atoms with Crippen molar-refractivity contribution in [1.82, 2.24) is 0 Å². The fourth-order valence-corrected chi connectivity index (χ4v) is 9.79. The van der Waals surface area contributed by atoms with Gasteiger partial charge in [-0.05, 0) is 24.0 Å². The maximum absolute atomic E-state index is 14.5. The van der Waals surface area contributed by atoms with E-state index in [0.717, 1.165) is 51.4 Å². The molecule has 57 heavy (non-hydrogen) atoms. The van der Waals surface area contributed by atoms with E-state index in [9.17, 15) is 14.4 Å². The lowest BCUT2D eigenvalue weighted by Crippen LogP contribution is -2.60. The minimum atomic E-state index is -1.55. The van der Waals surface area contributed by atoms with Crippen molar-refractivity contribution < 1.29 is 48.1 Å². The number of unbranched alkanes of at least 4 members (excludes halogenated alkanes) is 15. The second kappa shape index (κ2) is 25.6. The van der Waals surface area contributed by atoms with Crippen molar-refractivity contribution in [2.75, 3.05) is 19.9 Å². The van der Waals surface area contributed by atoms with Crippen molar-refractivity contribution >= 4 is 24.4 Å². The van der Waals surface area contributed by atoms with Gasteiger partial charge in [0.25, 0.3) is 0 Å². The van der Waals surface area contributed by atoms with Crippen molar-refractivity contribution in [3.63, 3.8) is 0 Å². The van der Waals surface area contributed by atoms with Gasteiger partial charge >= 0.3 is 17.9 Å². The lowest BCUT2D eigenvalue weighted by molar-refractivity contribution is -0.956. The van der Waals surface area contributed by atoms with E-state index in [-0.39, 0.29) is 18.9 Å². The molecule has 0 amide bonds. The van der Waals surface area contributed by atoms with Crippen molar-refractivity contribution in [3.05, 3.63) is 71.8 Å². The molecule has 3 aliphatic heterocycles. The van der Waals surface area contributed by atoms with Crippen LogP contribution >= 0.6 is 0 Å². The van der Waals surface area contributed by atoms with Gasteiger partial charge in [0.05, 0.1) is 25.2 Å². The Balaban J connectivity index is 0.00000232. The molecule has 1 spiro atoms. The van der Waals surface area contributed by atoms with E-state index in [4.69, 9.17) is 29.2 Å². The predicted octanol–water partition coefficient (Wildman–Crippen LogP) is 8.77. The van der Waals surface area contributed by atoms with Gasteiger partial charge in [-0.25, -0.2) is 4.79 Å². The number of hydrogen-bond acceptors (Lipinski definition) is 8. The summed E-state index contributed by atoms with van der Waals surface area (Å²) in [6, 6.07) is 20.2. The molecular weight excluding hydrogens is 723 g/mol. The minimum absolute atomic E-state index is 0.145. The standard InChI is InChI=1S/C46H67NO7.CH2O2/c48-43(49)29-21-13-11-9-7-5-3-1-2-4-6-8-10-12-14-22-30-44(50)52-37-53-46(38-25-17-15-18-26-38,39-27-19-16-20-28-39)45(51)54-42-35-40-31-32-41(36-42)47(40)33-23-24-34-47;2-1-3/h15-20,25-28,40-42H,1-14,21-24,29-37H2;1H,(H,2,3). The van der Waals surface area contributed by atoms with E-state index in [2.05, 4.69) is 0 Å². The Kier molecular flexibility index (Phi) is 20.6. The molecule has 3 aliphatic rings. The highest BCUT2D eigenvalue weighted by Gasteiger charge is 2.57. The summed E-state index contributed by atoms with van der Waals surface area (Å²) in [7, 11) is 0. The molecule has 3 saturated heterocycles. The summed E-state index contributed by atoms with van der Waals surface area (Å²) < 4.78 is 19.8. The van der Waals surface area contributed by atoms with Gasteiger partial charge in [0, 0.05) is 57.8 Å². The number of hydrogen-bond donors (Lipinski definition) is 1. The fraction of sp³-hybridized carbons (Fsp3) is 0.660. The molecule has 0 saturated carbocycles. The van der Waals surface area contributed by atoms with Crippen LogP contribution in [-0.2, 0) is 39.0 Å². The van der Waals surface area contributed by atoms with Gasteiger partial charge in [0.2, 0.25) is 5.60 Å². The molecule has 2 unspecified atom stereocenters. The van der Waals surface area contributed by atoms with Crippen LogP contribution in [0.25, 0.3) is 0 Å². The highest BCUT2D eigenvalue weighted by molar-refractivity contribution is 5.86. The number of carboxylic acid groups (broad SMARTS) is 2. The second-order valence-corrected chi connectivity index (χ2v) is 16.5. The quantitative estimate of drug-likeness (QED) is 0.0326. The molecule has 0 aliphatic carbocycles. The zero-order valence-electron chi connectivity index (χ0n) is 34.3. The van der Waals surface area contributed by atoms with Gasteiger partial charge in [-0.1, -0.05) is 151 Å². The summed E-state index contributed by atoms with van der Waals surface area (Å²) in [5.41, 5.74) is -0.222. The Hall–Kier alpha value is -3.76. The number of carbonyl (C=O) groups excluding carboxylic acids is 3. The topological polar surface area (TPSA) is 139 Å². The summed E-state index contributed by atoms with van der Waals surface area (Å²) in [6.07, 6.45) is 26.0. The van der Waals surface area contributed by atoms with E-state index in [1.54, 1.807) is 0 Å². The maximum atomic E-state index is 14.5. The van der Waals surface area contributed by atoms with E-state index in [0.29, 0.717) is 36.1 Å². The Morgan fingerprint density at radius 3 is 1.49 bits per heavy atom. The van der Waals surface area contributed by atoms with Crippen LogP contribution in [0.2, 0.25) is 0 Å². The average molecular weight is 792 g/mol. The van der Waals surface area contributed by atoms with Crippen LogP contribution < -0.4 is 5.11 Å². The summed E-state index contributed by atoms with van der Waals surface area (Å²) >= 11 is 0. The van der Waals surface area contributed by atoms with Crippen LogP contribution in [0, 0.1) is 0 Å². The first-order valence-corrected chi connectivity index (χ1v) is 22.1. The normalized spacial score (nSPS) is 19.4. The van der Waals surface area contributed by atoms with E-state index >= 15 is 0 Å². The number of nitrogens with zero attached hydrogens (tertiary/aromatic N) is 1. The summed E-state index contributed by atoms with van der Waals surface area (Å²) in [5, 5.41) is 16.9. The zero-order valence-corrected chi connectivity index (χ0v) is 34.3. The molecule has 316 valence electrons. The Morgan fingerprint density at radius 1 is 0.667 bits per heavy atom. The number of benzene rings is 2. The predicted molar refractivity (Wildman–Crippen MR) is 218 cm³/mol. The maximum Gasteiger partial charge on any atom is 0.348 e. The number of esters is 2. The van der Waals surface area contributed by atoms with Gasteiger partial charge < -0.3 is 33.7 Å². The lowest BCUT2D eigenvalue weighted by Gasteiger charge is -2.47. The molecule has 0 radical (unpaired) electrons. The molecular formula is C47H69NO9. The van der Waals surface area contributed by atoms with Gasteiger partial charge in [-0.3, -0.25) is 9.59 Å². The van der Waals surface area contributed by atoms with Crippen LogP contribution in [0.3, 0.4) is 0 Å². The lowest BCUT2D eigenvalue weighted by atomic mass is 9.85. The van der Waals surface area contributed by atoms with E-state index in [1.165, 1.54) is 107 Å². The number of aliphatic carboxylic acids is 1. The van der Waals surface area contributed by atoms with Crippen molar-refractivity contribution in [3.8, 4) is 0 Å². The molecule has 1 N–H and O–H groups in total. The number of quaternary nitrogens is 1. The third-order valence-corrected chi connectivity index (χ3v) is 12.7. The average Bonchev–Trinajstić information content (AvgIpc) is 3.76. The van der Waals surface area contributed by atoms with Crippen LogP contribution in [0.1, 0.15) is 165 Å². The van der Waals surface area contributed by atoms with Crippen LogP contribution in [0.4, 0.5) is 0 Å². The fourth-order valence-electron chi connectivity index (χ4n) is 9.79. The first kappa shape index (κ1) is 45.9. The zero-order chi connectivity index (χ0) is 40.6. The monoisotopic (exact) mass is 791 g/mol. The SMILES string of the molecule is O=C(O)CCCCCCCCCCCCCCCCCCC(=O)OCOC(C(=O)OC1CC2CCC(C1)[N+]21CCCC1)(c1ccccc1)c1ccccc1.O=C[O-]. The van der Waals surface area contributed by atoms with Crippen LogP contribution in [-0.4, -0.2) is 72.0 Å². The molecule has 2 aromatic rings. The van der Waals surface area contributed by atoms with Gasteiger partial charge in [-0.15, -0.1) is 0 Å². The molecule has 10 nitrogen and oxygen atoms in total. The molecule has 2 bridgehead atoms. The Morgan fingerprint density at radius 2 is 1.07 bits per heavy atom. The van der Waals surface area contributed by atoms with Crippen LogP contribution in [0.5, 0.6) is 0 Å². The molecule has 5 rings (SSSR count). The van der Waals surface area contributed by atoms with Crippen molar-refractivity contribution in [1.29, 1.82) is 0 Å². The molecule has 3 fully saturated rings. The van der Waals surface area contributed by atoms with Crippen molar-refractivity contribution in [2.24, 2.45) is 0 Å². The van der Waals surface area contributed by atoms with Crippen LogP contribution in [0.15, 0.2) is 60.7 Å². The number of carbonyl (C=O) groups is 4. The van der Waals surface area contributed by atoms with Gasteiger partial charge in [0.1, 0.15) is 6.10 Å². The minimum Gasteiger partial charge on any atom is -0.554 e. The second-order valence-electron chi connectivity index (χ2n) is 16.5. The first-order chi connectivity index (χ1) is 27.9. The molecule has 2 atom stereocenters. The highest BCUT2D eigenvalue weighted by atomic mass is 16.7. The molecule has 3 heterocycles. The molecule has 2 aromatic carbocycles. The van der Waals surface area contributed by atoms with E-state index < -0.39 is 24.0 Å². The summed E-state index contributed by atoms with van der Waals surface area (Å²) in [4.78, 5) is 46.2. The third-order valence-electron chi connectivity index (χ3n) is 12.7. The van der Waals surface area contributed by atoms with Gasteiger partial charge in [-0.2, -0.15) is 0 Å². The number of carboxylic acids is 1. The molecule has 10 heteroatoms. The summed E-state index contributed by atoms with van der Waals surface area (Å²) in [6.45, 7) is 1.71. The largest absolute Gasteiger partial charge is 0.554 e. The number of piperidine rings is 1. The third kappa shape index (κ3) is 14.2. The van der Waals surface area contributed by atoms with Gasteiger partial charge in [0.15, 0.2) is 6.79 Å².